The van der Waals surface area contributed by atoms with Crippen LogP contribution in [-0.4, -0.2) is 37.2 Å². The van der Waals surface area contributed by atoms with E-state index in [4.69, 9.17) is 4.74 Å². The smallest absolute Gasteiger partial charge is 0.312 e. The van der Waals surface area contributed by atoms with Gasteiger partial charge in [0.15, 0.2) is 0 Å². The fourth-order valence-electron chi connectivity index (χ4n) is 2.06. The molecule has 0 amide bonds. The van der Waals surface area contributed by atoms with Crippen LogP contribution in [-0.2, 0) is 56.6 Å². The zero-order chi connectivity index (χ0) is 15.3. The molecule has 0 aliphatic heterocycles. The average molecular weight is 363 g/mol. The number of carbonyl (C=O) groups excluding carboxylic acids is 2. The Labute approximate surface area is 144 Å². The zero-order valence-electron chi connectivity index (χ0n) is 12.7. The van der Waals surface area contributed by atoms with Gasteiger partial charge in [0.05, 0.1) is 31.5 Å². The Morgan fingerprint density at radius 3 is 1.85 bits per heavy atom. The summed E-state index contributed by atoms with van der Waals surface area (Å²) < 4.78 is 9.25. The van der Waals surface area contributed by atoms with Crippen LogP contribution in [0.5, 0.6) is 0 Å². The van der Waals surface area contributed by atoms with Crippen LogP contribution in [0.2, 0.25) is 0 Å². The number of hydrogen-bond acceptors (Lipinski definition) is 5. The Kier molecular flexibility index (Phi) is 9.51. The molecule has 7 heteroatoms. The summed E-state index contributed by atoms with van der Waals surface area (Å²) in [6.07, 6.45) is 0.142. The van der Waals surface area contributed by atoms with Crippen LogP contribution in [0.3, 0.4) is 0 Å². The van der Waals surface area contributed by atoms with Gasteiger partial charge in [0, 0.05) is 32.7 Å². The van der Waals surface area contributed by atoms with Gasteiger partial charge in [0.25, 0.3) is 0 Å². The number of carbonyl (C=O) groups is 3. The number of rotatable bonds is 7. The minimum absolute atomic E-state index is 0. The van der Waals surface area contributed by atoms with E-state index < -0.39 is 28.7 Å². The minimum Gasteiger partial charge on any atom is -0.481 e. The van der Waals surface area contributed by atoms with Crippen LogP contribution in [0.15, 0.2) is 0 Å². The van der Waals surface area contributed by atoms with Crippen molar-refractivity contribution in [2.45, 2.75) is 40.0 Å². The molecule has 1 radical (unpaired) electrons. The van der Waals surface area contributed by atoms with Gasteiger partial charge in [-0.15, -0.1) is 0 Å². The van der Waals surface area contributed by atoms with Crippen molar-refractivity contribution in [3.8, 4) is 0 Å². The molecule has 0 spiro atoms. The maximum absolute atomic E-state index is 11.9. The summed E-state index contributed by atoms with van der Waals surface area (Å²) in [4.78, 5) is 34.6. The molecule has 0 aromatic carbocycles. The topological polar surface area (TPSA) is 89.9 Å². The van der Waals surface area contributed by atoms with Gasteiger partial charge in [-0.1, -0.05) is 6.92 Å². The number of carboxylic acids is 1. The van der Waals surface area contributed by atoms with Gasteiger partial charge in [-0.2, -0.15) is 0 Å². The number of ether oxygens (including phenoxy) is 2. The molecule has 2 atom stereocenters. The molecule has 0 aliphatic carbocycles. The predicted octanol–water partition coefficient (Wildman–Crippen LogP) is 1.62. The molecule has 113 valence electrons. The number of carboxylic acid groups (broad SMARTS) is 1. The third kappa shape index (κ3) is 5.48. The van der Waals surface area contributed by atoms with Gasteiger partial charge in [-0.3, -0.25) is 14.4 Å². The molecule has 0 saturated carbocycles. The van der Waals surface area contributed by atoms with E-state index >= 15 is 0 Å². The molecule has 0 aliphatic rings. The van der Waals surface area contributed by atoms with Gasteiger partial charge in [-0.25, -0.2) is 0 Å². The van der Waals surface area contributed by atoms with Crippen molar-refractivity contribution in [2.24, 2.45) is 10.8 Å². The van der Waals surface area contributed by atoms with Gasteiger partial charge in [-0.05, 0) is 26.7 Å². The first kappa shape index (κ1) is 21.8. The Morgan fingerprint density at radius 2 is 1.55 bits per heavy atom. The van der Waals surface area contributed by atoms with Gasteiger partial charge < -0.3 is 14.6 Å². The quantitative estimate of drug-likeness (QED) is 0.692. The van der Waals surface area contributed by atoms with Crippen LogP contribution in [0.1, 0.15) is 40.0 Å². The molecule has 6 nitrogen and oxygen atoms in total. The molecular formula is C13H22O6Y. The van der Waals surface area contributed by atoms with Crippen molar-refractivity contribution >= 4 is 17.9 Å². The van der Waals surface area contributed by atoms with Crippen LogP contribution >= 0.6 is 0 Å². The number of aliphatic carboxylic acids is 1. The van der Waals surface area contributed by atoms with Crippen molar-refractivity contribution in [3.63, 3.8) is 0 Å². The van der Waals surface area contributed by atoms with Crippen molar-refractivity contribution in [2.75, 3.05) is 14.2 Å². The van der Waals surface area contributed by atoms with E-state index in [2.05, 4.69) is 4.74 Å². The standard InChI is InChI=1S/C13H22O6.Y/c1-6-12(2,10(15)16)8-13(3,11(17)19-5)7-9(14)18-4;/h6-8H2,1-5H3,(H,15,16);. The van der Waals surface area contributed by atoms with Crippen LogP contribution in [0.4, 0.5) is 0 Å². The van der Waals surface area contributed by atoms with Gasteiger partial charge >= 0.3 is 17.9 Å². The third-order valence-electron chi connectivity index (χ3n) is 3.52. The largest absolute Gasteiger partial charge is 0.481 e. The van der Waals surface area contributed by atoms with E-state index in [1.54, 1.807) is 13.8 Å². The molecule has 0 heterocycles. The summed E-state index contributed by atoms with van der Waals surface area (Å²) >= 11 is 0. The summed E-state index contributed by atoms with van der Waals surface area (Å²) in [5.74, 6) is -2.19. The molecule has 0 rings (SSSR count). The summed E-state index contributed by atoms with van der Waals surface area (Å²) in [6.45, 7) is 4.80. The van der Waals surface area contributed by atoms with Gasteiger partial charge in [0.1, 0.15) is 0 Å². The molecular weight excluding hydrogens is 341 g/mol. The van der Waals surface area contributed by atoms with Crippen molar-refractivity contribution in [3.05, 3.63) is 0 Å². The molecule has 2 unspecified atom stereocenters. The van der Waals surface area contributed by atoms with Crippen molar-refractivity contribution < 1.29 is 61.7 Å². The Balaban J connectivity index is 0. The second-order valence-corrected chi connectivity index (χ2v) is 5.20. The predicted molar refractivity (Wildman–Crippen MR) is 67.4 cm³/mol. The second kappa shape index (κ2) is 8.72. The zero-order valence-corrected chi connectivity index (χ0v) is 15.5. The number of methoxy groups -OCH3 is 2. The van der Waals surface area contributed by atoms with E-state index in [9.17, 15) is 19.5 Å². The maximum Gasteiger partial charge on any atom is 0.312 e. The van der Waals surface area contributed by atoms with Crippen molar-refractivity contribution in [1.82, 2.24) is 0 Å². The first-order valence-electron chi connectivity index (χ1n) is 6.04. The second-order valence-electron chi connectivity index (χ2n) is 5.20. The Hall–Kier alpha value is -0.486. The maximum atomic E-state index is 11.9. The average Bonchev–Trinajstić information content (AvgIpc) is 2.36. The van der Waals surface area contributed by atoms with Crippen molar-refractivity contribution in [1.29, 1.82) is 0 Å². The van der Waals surface area contributed by atoms with E-state index in [1.165, 1.54) is 21.1 Å². The summed E-state index contributed by atoms with van der Waals surface area (Å²) in [5, 5.41) is 9.27. The number of esters is 2. The molecule has 20 heavy (non-hydrogen) atoms. The Morgan fingerprint density at radius 1 is 1.05 bits per heavy atom. The van der Waals surface area contributed by atoms with Crippen LogP contribution in [0.25, 0.3) is 0 Å². The fourth-order valence-corrected chi connectivity index (χ4v) is 2.06. The molecule has 1 N–H and O–H groups in total. The molecule has 0 aromatic rings. The van der Waals surface area contributed by atoms with E-state index in [0.717, 1.165) is 0 Å². The minimum atomic E-state index is -1.22. The van der Waals surface area contributed by atoms with Gasteiger partial charge in [0.2, 0.25) is 0 Å². The summed E-state index contributed by atoms with van der Waals surface area (Å²) in [5.41, 5.74) is -2.32. The SMILES string of the molecule is CCC(C)(CC(C)(CC(=O)OC)C(=O)OC)C(=O)O.[Y]. The number of hydrogen-bond donors (Lipinski definition) is 1. The monoisotopic (exact) mass is 363 g/mol. The fraction of sp³-hybridized carbons (Fsp3) is 0.769. The van der Waals surface area contributed by atoms with Crippen LogP contribution in [0, 0.1) is 10.8 Å². The summed E-state index contributed by atoms with van der Waals surface area (Å²) in [6, 6.07) is 0. The van der Waals surface area contributed by atoms with Crippen LogP contribution < -0.4 is 0 Å². The molecule has 0 fully saturated rings. The molecule has 0 aromatic heterocycles. The molecule has 0 bridgehead atoms. The first-order valence-corrected chi connectivity index (χ1v) is 6.04. The third-order valence-corrected chi connectivity index (χ3v) is 3.52. The summed E-state index contributed by atoms with van der Waals surface area (Å²) in [7, 11) is 2.43. The first-order chi connectivity index (χ1) is 8.65. The van der Waals surface area contributed by atoms with E-state index in [1.807, 2.05) is 0 Å². The Bertz CT molecular complexity index is 370. The molecule has 0 saturated heterocycles. The van der Waals surface area contributed by atoms with E-state index in [0.29, 0.717) is 6.42 Å². The normalized spacial score (nSPS) is 16.1. The van der Waals surface area contributed by atoms with E-state index in [-0.39, 0.29) is 45.6 Å².